The molecule has 0 saturated carbocycles. The molecule has 28 heavy (non-hydrogen) atoms. The van der Waals surface area contributed by atoms with Crippen LogP contribution in [-0.4, -0.2) is 12.5 Å². The summed E-state index contributed by atoms with van der Waals surface area (Å²) < 4.78 is 5.69. The zero-order valence-electron chi connectivity index (χ0n) is 16.7. The third kappa shape index (κ3) is 5.01. The van der Waals surface area contributed by atoms with E-state index in [4.69, 9.17) is 4.74 Å². The molecule has 0 aliphatic carbocycles. The highest BCUT2D eigenvalue weighted by Gasteiger charge is 2.18. The van der Waals surface area contributed by atoms with E-state index in [1.165, 1.54) is 5.56 Å². The Morgan fingerprint density at radius 3 is 2.14 bits per heavy atom. The molecular formula is C25H27NO2. The van der Waals surface area contributed by atoms with Crippen molar-refractivity contribution in [2.24, 2.45) is 0 Å². The lowest BCUT2D eigenvalue weighted by molar-refractivity contribution is -0.123. The summed E-state index contributed by atoms with van der Waals surface area (Å²) in [6.07, 6.45) is 0. The Balaban J connectivity index is 1.70. The van der Waals surface area contributed by atoms with Crippen molar-refractivity contribution in [3.05, 3.63) is 101 Å². The number of nitrogens with one attached hydrogen (secondary N) is 1. The highest BCUT2D eigenvalue weighted by Crippen LogP contribution is 2.25. The molecule has 1 amide bonds. The number of benzene rings is 3. The van der Waals surface area contributed by atoms with E-state index in [9.17, 15) is 4.79 Å². The number of aryl methyl sites for hydroxylation is 1. The average molecular weight is 373 g/mol. The molecule has 0 radical (unpaired) electrons. The van der Waals surface area contributed by atoms with Gasteiger partial charge in [-0.2, -0.15) is 0 Å². The fraction of sp³-hybridized carbons (Fsp3) is 0.240. The number of carbonyl (C=O) groups is 1. The fourth-order valence-electron chi connectivity index (χ4n) is 3.20. The van der Waals surface area contributed by atoms with Crippen LogP contribution < -0.4 is 10.1 Å². The monoisotopic (exact) mass is 373 g/mol. The van der Waals surface area contributed by atoms with Crippen LogP contribution in [0.15, 0.2) is 78.9 Å². The van der Waals surface area contributed by atoms with Crippen molar-refractivity contribution in [2.75, 3.05) is 6.61 Å². The quantitative estimate of drug-likeness (QED) is 0.602. The normalized spacial score (nSPS) is 11.9. The van der Waals surface area contributed by atoms with Gasteiger partial charge in [0, 0.05) is 0 Å². The summed E-state index contributed by atoms with van der Waals surface area (Å²) in [6, 6.07) is 25.8. The van der Waals surface area contributed by atoms with Crippen LogP contribution in [0.2, 0.25) is 0 Å². The second kappa shape index (κ2) is 9.23. The van der Waals surface area contributed by atoms with Gasteiger partial charge in [0.1, 0.15) is 5.75 Å². The van der Waals surface area contributed by atoms with Gasteiger partial charge in [-0.25, -0.2) is 0 Å². The summed E-state index contributed by atoms with van der Waals surface area (Å²) in [5.41, 5.74) is 4.53. The Hall–Kier alpha value is -3.07. The number of hydrogen-bond donors (Lipinski definition) is 1. The van der Waals surface area contributed by atoms with Crippen molar-refractivity contribution in [3.8, 4) is 5.75 Å². The van der Waals surface area contributed by atoms with Gasteiger partial charge < -0.3 is 10.1 Å². The molecule has 3 heteroatoms. The molecule has 0 spiro atoms. The van der Waals surface area contributed by atoms with E-state index in [-0.39, 0.29) is 18.6 Å². The van der Waals surface area contributed by atoms with Gasteiger partial charge in [-0.05, 0) is 47.2 Å². The molecule has 0 unspecified atom stereocenters. The van der Waals surface area contributed by atoms with Gasteiger partial charge in [-0.1, -0.05) is 80.6 Å². The summed E-state index contributed by atoms with van der Waals surface area (Å²) in [6.45, 7) is 6.34. The topological polar surface area (TPSA) is 38.3 Å². The molecule has 0 heterocycles. The maximum atomic E-state index is 12.6. The van der Waals surface area contributed by atoms with Crippen LogP contribution in [-0.2, 0) is 4.79 Å². The smallest absolute Gasteiger partial charge is 0.258 e. The van der Waals surface area contributed by atoms with Gasteiger partial charge in [0.05, 0.1) is 6.04 Å². The Morgan fingerprint density at radius 2 is 1.50 bits per heavy atom. The Labute approximate surface area is 167 Å². The van der Waals surface area contributed by atoms with Gasteiger partial charge >= 0.3 is 0 Å². The van der Waals surface area contributed by atoms with E-state index in [0.29, 0.717) is 11.7 Å². The molecule has 0 aromatic heterocycles. The summed E-state index contributed by atoms with van der Waals surface area (Å²) in [4.78, 5) is 12.6. The van der Waals surface area contributed by atoms with E-state index in [1.807, 2.05) is 66.7 Å². The van der Waals surface area contributed by atoms with Gasteiger partial charge in [-0.15, -0.1) is 0 Å². The predicted octanol–water partition coefficient (Wildman–Crippen LogP) is 5.40. The van der Waals surface area contributed by atoms with Gasteiger partial charge in [0.15, 0.2) is 6.61 Å². The highest BCUT2D eigenvalue weighted by molar-refractivity contribution is 5.78. The SMILES string of the molecule is Cc1ccccc1[C@@H](NC(=O)COc1ccc(C(C)C)cc1)c1ccccc1. The minimum atomic E-state index is -0.207. The highest BCUT2D eigenvalue weighted by atomic mass is 16.5. The van der Waals surface area contributed by atoms with Crippen LogP contribution in [0.25, 0.3) is 0 Å². The summed E-state index contributed by atoms with van der Waals surface area (Å²) in [5.74, 6) is 1.02. The lowest BCUT2D eigenvalue weighted by Gasteiger charge is -2.22. The molecule has 1 atom stereocenters. The maximum absolute atomic E-state index is 12.6. The van der Waals surface area contributed by atoms with Crippen LogP contribution in [0.3, 0.4) is 0 Å². The third-order valence-corrected chi connectivity index (χ3v) is 4.85. The first-order valence-electron chi connectivity index (χ1n) is 9.67. The zero-order valence-corrected chi connectivity index (χ0v) is 16.7. The first kappa shape index (κ1) is 19.7. The number of amides is 1. The number of rotatable bonds is 7. The van der Waals surface area contributed by atoms with Gasteiger partial charge in [-0.3, -0.25) is 4.79 Å². The second-order valence-corrected chi connectivity index (χ2v) is 7.28. The molecule has 3 aromatic rings. The third-order valence-electron chi connectivity index (χ3n) is 4.85. The van der Waals surface area contributed by atoms with E-state index >= 15 is 0 Å². The second-order valence-electron chi connectivity index (χ2n) is 7.28. The van der Waals surface area contributed by atoms with Crippen molar-refractivity contribution in [2.45, 2.75) is 32.7 Å². The predicted molar refractivity (Wildman–Crippen MR) is 114 cm³/mol. The zero-order chi connectivity index (χ0) is 19.9. The summed E-state index contributed by atoms with van der Waals surface area (Å²) in [7, 11) is 0. The van der Waals surface area contributed by atoms with Crippen LogP contribution >= 0.6 is 0 Å². The molecule has 144 valence electrons. The molecule has 0 saturated heterocycles. The number of carbonyl (C=O) groups excluding carboxylic acids is 1. The molecule has 3 rings (SSSR count). The van der Waals surface area contributed by atoms with Crippen molar-refractivity contribution < 1.29 is 9.53 Å². The van der Waals surface area contributed by atoms with Crippen LogP contribution in [0.4, 0.5) is 0 Å². The minimum absolute atomic E-state index is 0.0176. The molecule has 3 aromatic carbocycles. The number of ether oxygens (including phenoxy) is 1. The molecular weight excluding hydrogens is 346 g/mol. The van der Waals surface area contributed by atoms with E-state index < -0.39 is 0 Å². The summed E-state index contributed by atoms with van der Waals surface area (Å²) in [5, 5.41) is 3.13. The Bertz CT molecular complexity index is 901. The van der Waals surface area contributed by atoms with Crippen LogP contribution in [0, 0.1) is 6.92 Å². The van der Waals surface area contributed by atoms with Crippen molar-refractivity contribution in [1.82, 2.24) is 5.32 Å². The molecule has 0 fully saturated rings. The van der Waals surface area contributed by atoms with Crippen LogP contribution in [0.5, 0.6) is 5.75 Å². The lowest BCUT2D eigenvalue weighted by Crippen LogP contribution is -2.33. The first-order chi connectivity index (χ1) is 13.5. The molecule has 3 nitrogen and oxygen atoms in total. The Morgan fingerprint density at radius 1 is 0.857 bits per heavy atom. The van der Waals surface area contributed by atoms with E-state index in [0.717, 1.165) is 16.7 Å². The number of hydrogen-bond acceptors (Lipinski definition) is 2. The van der Waals surface area contributed by atoms with E-state index in [2.05, 4.69) is 38.2 Å². The van der Waals surface area contributed by atoms with Crippen molar-refractivity contribution >= 4 is 5.91 Å². The minimum Gasteiger partial charge on any atom is -0.484 e. The molecule has 1 N–H and O–H groups in total. The molecule has 0 aliphatic heterocycles. The summed E-state index contributed by atoms with van der Waals surface area (Å²) >= 11 is 0. The van der Waals surface area contributed by atoms with Gasteiger partial charge in [0.25, 0.3) is 5.91 Å². The molecule has 0 bridgehead atoms. The average Bonchev–Trinajstić information content (AvgIpc) is 2.72. The maximum Gasteiger partial charge on any atom is 0.258 e. The van der Waals surface area contributed by atoms with Crippen LogP contribution in [0.1, 0.15) is 48.1 Å². The largest absolute Gasteiger partial charge is 0.484 e. The van der Waals surface area contributed by atoms with Crippen molar-refractivity contribution in [3.63, 3.8) is 0 Å². The van der Waals surface area contributed by atoms with Gasteiger partial charge in [0.2, 0.25) is 0 Å². The van der Waals surface area contributed by atoms with E-state index in [1.54, 1.807) is 0 Å². The standard InChI is InChI=1S/C25H27NO2/c1-18(2)20-13-15-22(16-14-20)28-17-24(27)26-25(21-10-5-4-6-11-21)23-12-8-7-9-19(23)3/h4-16,18,25H,17H2,1-3H3,(H,26,27)/t25-/m0/s1. The molecule has 0 aliphatic rings. The van der Waals surface area contributed by atoms with Crippen molar-refractivity contribution in [1.29, 1.82) is 0 Å². The first-order valence-corrected chi connectivity index (χ1v) is 9.67. The Kier molecular flexibility index (Phi) is 6.49. The lowest BCUT2D eigenvalue weighted by atomic mass is 9.95. The fourth-order valence-corrected chi connectivity index (χ4v) is 3.20.